The van der Waals surface area contributed by atoms with Crippen molar-refractivity contribution in [3.63, 3.8) is 0 Å². The first-order valence-corrected chi connectivity index (χ1v) is 7.13. The predicted octanol–water partition coefficient (Wildman–Crippen LogP) is 1.54. The molecule has 5 heteroatoms. The van der Waals surface area contributed by atoms with Gasteiger partial charge in [-0.15, -0.1) is 0 Å². The first kappa shape index (κ1) is 16.0. The molecule has 110 valence electrons. The summed E-state index contributed by atoms with van der Waals surface area (Å²) in [6.45, 7) is 3.82. The summed E-state index contributed by atoms with van der Waals surface area (Å²) in [7, 11) is 0. The highest BCUT2D eigenvalue weighted by Gasteiger charge is 2.32. The SMILES string of the molecule is CC(C)C[C@@H](O)C(=O)N[C@H](C(=O)O)C1CCCCC1. The van der Waals surface area contributed by atoms with Gasteiger partial charge in [-0.25, -0.2) is 4.79 Å². The minimum atomic E-state index is -1.12. The summed E-state index contributed by atoms with van der Waals surface area (Å²) in [5.41, 5.74) is 0. The molecule has 19 heavy (non-hydrogen) atoms. The Morgan fingerprint density at radius 1 is 1.21 bits per heavy atom. The minimum absolute atomic E-state index is 0.0125. The van der Waals surface area contributed by atoms with Crippen LogP contribution < -0.4 is 5.32 Å². The van der Waals surface area contributed by atoms with Crippen LogP contribution in [0.2, 0.25) is 0 Å². The Labute approximate surface area is 114 Å². The Kier molecular flexibility index (Phi) is 6.28. The van der Waals surface area contributed by atoms with Gasteiger partial charge in [0.1, 0.15) is 12.1 Å². The third-order valence-corrected chi connectivity index (χ3v) is 3.68. The molecule has 1 aliphatic rings. The molecule has 2 atom stereocenters. The van der Waals surface area contributed by atoms with E-state index in [0.29, 0.717) is 6.42 Å². The van der Waals surface area contributed by atoms with Gasteiger partial charge in [-0.1, -0.05) is 33.1 Å². The zero-order valence-corrected chi connectivity index (χ0v) is 11.8. The van der Waals surface area contributed by atoms with Crippen LogP contribution in [-0.4, -0.2) is 34.2 Å². The summed E-state index contributed by atoms with van der Waals surface area (Å²) in [5, 5.41) is 21.5. The molecule has 0 aromatic rings. The maximum Gasteiger partial charge on any atom is 0.326 e. The van der Waals surface area contributed by atoms with Gasteiger partial charge in [0.15, 0.2) is 0 Å². The van der Waals surface area contributed by atoms with Gasteiger partial charge >= 0.3 is 5.97 Å². The highest BCUT2D eigenvalue weighted by Crippen LogP contribution is 2.26. The van der Waals surface area contributed by atoms with E-state index in [0.717, 1.165) is 32.1 Å². The number of carboxylic acids is 1. The summed E-state index contributed by atoms with van der Waals surface area (Å²) < 4.78 is 0. The molecule has 1 rings (SSSR count). The van der Waals surface area contributed by atoms with Crippen molar-refractivity contribution < 1.29 is 19.8 Å². The van der Waals surface area contributed by atoms with E-state index in [4.69, 9.17) is 0 Å². The molecule has 0 bridgehead atoms. The van der Waals surface area contributed by atoms with Gasteiger partial charge in [0.2, 0.25) is 5.91 Å². The van der Waals surface area contributed by atoms with E-state index < -0.39 is 24.0 Å². The Bertz CT molecular complexity index is 311. The van der Waals surface area contributed by atoms with E-state index in [2.05, 4.69) is 5.32 Å². The van der Waals surface area contributed by atoms with Crippen LogP contribution in [-0.2, 0) is 9.59 Å². The molecule has 0 heterocycles. The lowest BCUT2D eigenvalue weighted by Crippen LogP contribution is -2.50. The van der Waals surface area contributed by atoms with Crippen molar-refractivity contribution in [3.05, 3.63) is 0 Å². The van der Waals surface area contributed by atoms with Crippen LogP contribution in [0.5, 0.6) is 0 Å². The third-order valence-electron chi connectivity index (χ3n) is 3.68. The number of hydrogen-bond acceptors (Lipinski definition) is 3. The number of nitrogens with one attached hydrogen (secondary N) is 1. The molecule has 0 radical (unpaired) electrons. The van der Waals surface area contributed by atoms with Gasteiger partial charge in [-0.05, 0) is 31.1 Å². The Hall–Kier alpha value is -1.10. The fourth-order valence-corrected chi connectivity index (χ4v) is 2.65. The second-order valence-corrected chi connectivity index (χ2v) is 5.87. The molecule has 0 saturated heterocycles. The smallest absolute Gasteiger partial charge is 0.326 e. The number of aliphatic hydroxyl groups is 1. The summed E-state index contributed by atoms with van der Waals surface area (Å²) in [6, 6.07) is -0.866. The highest BCUT2D eigenvalue weighted by molar-refractivity contribution is 5.86. The van der Waals surface area contributed by atoms with E-state index in [9.17, 15) is 19.8 Å². The van der Waals surface area contributed by atoms with Crippen LogP contribution in [0.3, 0.4) is 0 Å². The molecule has 5 nitrogen and oxygen atoms in total. The fourth-order valence-electron chi connectivity index (χ4n) is 2.65. The average molecular weight is 271 g/mol. The number of aliphatic carboxylic acids is 1. The van der Waals surface area contributed by atoms with Crippen molar-refractivity contribution in [1.82, 2.24) is 5.32 Å². The number of amides is 1. The number of carboxylic acid groups (broad SMARTS) is 1. The third kappa shape index (κ3) is 5.19. The van der Waals surface area contributed by atoms with E-state index in [1.807, 2.05) is 13.8 Å². The largest absolute Gasteiger partial charge is 0.480 e. The molecule has 0 aliphatic heterocycles. The van der Waals surface area contributed by atoms with Crippen molar-refractivity contribution in [2.45, 2.75) is 64.5 Å². The van der Waals surface area contributed by atoms with Crippen LogP contribution in [0.25, 0.3) is 0 Å². The fraction of sp³-hybridized carbons (Fsp3) is 0.857. The normalized spacial score (nSPS) is 20.0. The van der Waals surface area contributed by atoms with E-state index in [1.54, 1.807) is 0 Å². The molecule has 0 unspecified atom stereocenters. The van der Waals surface area contributed by atoms with E-state index >= 15 is 0 Å². The minimum Gasteiger partial charge on any atom is -0.480 e. The van der Waals surface area contributed by atoms with Crippen LogP contribution in [0.15, 0.2) is 0 Å². The average Bonchev–Trinajstić information content (AvgIpc) is 2.35. The Morgan fingerprint density at radius 2 is 1.79 bits per heavy atom. The second-order valence-electron chi connectivity index (χ2n) is 5.87. The molecule has 1 saturated carbocycles. The van der Waals surface area contributed by atoms with E-state index in [1.165, 1.54) is 0 Å². The first-order chi connectivity index (χ1) is 8.91. The Morgan fingerprint density at radius 3 is 2.26 bits per heavy atom. The monoisotopic (exact) mass is 271 g/mol. The van der Waals surface area contributed by atoms with Gasteiger partial charge in [0.05, 0.1) is 0 Å². The lowest BCUT2D eigenvalue weighted by Gasteiger charge is -2.28. The molecular formula is C14H25NO4. The van der Waals surface area contributed by atoms with Crippen molar-refractivity contribution >= 4 is 11.9 Å². The maximum atomic E-state index is 11.8. The van der Waals surface area contributed by atoms with Gasteiger partial charge in [-0.2, -0.15) is 0 Å². The summed E-state index contributed by atoms with van der Waals surface area (Å²) in [5.74, 6) is -1.39. The lowest BCUT2D eigenvalue weighted by molar-refractivity contribution is -0.145. The van der Waals surface area contributed by atoms with Crippen molar-refractivity contribution in [3.8, 4) is 0 Å². The van der Waals surface area contributed by atoms with Gasteiger partial charge in [0.25, 0.3) is 0 Å². The zero-order chi connectivity index (χ0) is 14.4. The van der Waals surface area contributed by atoms with Crippen LogP contribution in [0.1, 0.15) is 52.4 Å². The van der Waals surface area contributed by atoms with Crippen LogP contribution in [0.4, 0.5) is 0 Å². The van der Waals surface area contributed by atoms with E-state index in [-0.39, 0.29) is 11.8 Å². The van der Waals surface area contributed by atoms with Gasteiger partial charge < -0.3 is 15.5 Å². The highest BCUT2D eigenvalue weighted by atomic mass is 16.4. The number of aliphatic hydroxyl groups excluding tert-OH is 1. The quantitative estimate of drug-likeness (QED) is 0.684. The molecule has 3 N–H and O–H groups in total. The molecule has 0 aromatic carbocycles. The standard InChI is InChI=1S/C14H25NO4/c1-9(2)8-11(16)13(17)15-12(14(18)19)10-6-4-3-5-7-10/h9-12,16H,3-8H2,1-2H3,(H,15,17)(H,18,19)/t11-,12+/m1/s1. The molecule has 0 spiro atoms. The molecule has 1 amide bonds. The maximum absolute atomic E-state index is 11.8. The lowest BCUT2D eigenvalue weighted by atomic mass is 9.83. The second kappa shape index (κ2) is 7.48. The number of carbonyl (C=O) groups excluding carboxylic acids is 1. The zero-order valence-electron chi connectivity index (χ0n) is 11.8. The van der Waals surface area contributed by atoms with Gasteiger partial charge in [-0.3, -0.25) is 4.79 Å². The predicted molar refractivity (Wildman–Crippen MR) is 71.6 cm³/mol. The molecule has 1 aliphatic carbocycles. The summed E-state index contributed by atoms with van der Waals surface area (Å²) in [6.07, 6.45) is 4.05. The molecule has 0 aromatic heterocycles. The van der Waals surface area contributed by atoms with Crippen molar-refractivity contribution in [1.29, 1.82) is 0 Å². The molecule has 1 fully saturated rings. The number of hydrogen-bond donors (Lipinski definition) is 3. The van der Waals surface area contributed by atoms with Crippen molar-refractivity contribution in [2.24, 2.45) is 11.8 Å². The number of rotatable bonds is 6. The topological polar surface area (TPSA) is 86.6 Å². The number of carbonyl (C=O) groups is 2. The van der Waals surface area contributed by atoms with Gasteiger partial charge in [0, 0.05) is 0 Å². The van der Waals surface area contributed by atoms with Crippen LogP contribution in [0, 0.1) is 11.8 Å². The molecular weight excluding hydrogens is 246 g/mol. The Balaban J connectivity index is 2.57. The van der Waals surface area contributed by atoms with Crippen LogP contribution >= 0.6 is 0 Å². The summed E-state index contributed by atoms with van der Waals surface area (Å²) >= 11 is 0. The van der Waals surface area contributed by atoms with Crippen molar-refractivity contribution in [2.75, 3.05) is 0 Å². The summed E-state index contributed by atoms with van der Waals surface area (Å²) in [4.78, 5) is 23.1. The first-order valence-electron chi connectivity index (χ1n) is 7.13.